The van der Waals surface area contributed by atoms with Crippen molar-refractivity contribution in [3.05, 3.63) is 54.1 Å². The lowest BCUT2D eigenvalue weighted by Crippen LogP contribution is -2.45. The highest BCUT2D eigenvalue weighted by molar-refractivity contribution is 5.90. The lowest BCUT2D eigenvalue weighted by molar-refractivity contribution is -0.313. The molecule has 4 atom stereocenters. The maximum atomic E-state index is 12.6. The number of hydrogen-bond donors (Lipinski definition) is 0. The first-order chi connectivity index (χ1) is 11.1. The van der Waals surface area contributed by atoms with E-state index in [9.17, 15) is 14.7 Å². The van der Waals surface area contributed by atoms with E-state index in [4.69, 9.17) is 4.74 Å². The molecule has 0 saturated carbocycles. The maximum absolute atomic E-state index is 12.6. The highest BCUT2D eigenvalue weighted by Crippen LogP contribution is 2.51. The molecule has 3 aliphatic rings. The van der Waals surface area contributed by atoms with Crippen LogP contribution in [-0.4, -0.2) is 41.6 Å². The number of carboxylic acids is 1. The van der Waals surface area contributed by atoms with Gasteiger partial charge >= 0.3 is 0 Å². The Labute approximate surface area is 133 Å². The molecule has 118 valence electrons. The summed E-state index contributed by atoms with van der Waals surface area (Å²) in [6, 6.07) is 9.81. The van der Waals surface area contributed by atoms with Crippen LogP contribution in [-0.2, 0) is 14.3 Å². The van der Waals surface area contributed by atoms with Gasteiger partial charge in [-0.05, 0) is 5.56 Å². The molecule has 0 radical (unpaired) electrons. The van der Waals surface area contributed by atoms with Crippen LogP contribution in [0, 0.1) is 11.8 Å². The van der Waals surface area contributed by atoms with E-state index in [0.717, 1.165) is 5.56 Å². The Morgan fingerprint density at radius 3 is 2.91 bits per heavy atom. The third kappa shape index (κ3) is 2.11. The third-order valence-corrected chi connectivity index (χ3v) is 4.89. The predicted molar refractivity (Wildman–Crippen MR) is 80.8 cm³/mol. The van der Waals surface area contributed by atoms with Crippen LogP contribution < -0.4 is 5.11 Å². The van der Waals surface area contributed by atoms with E-state index in [1.165, 1.54) is 0 Å². The van der Waals surface area contributed by atoms with Crippen LogP contribution in [0.5, 0.6) is 0 Å². The van der Waals surface area contributed by atoms with Crippen molar-refractivity contribution in [1.82, 2.24) is 4.90 Å². The van der Waals surface area contributed by atoms with Gasteiger partial charge in [-0.15, -0.1) is 0 Å². The largest absolute Gasteiger partial charge is 0.550 e. The molecular formula is C18H16NO4-. The molecule has 0 unspecified atom stereocenters. The minimum atomic E-state index is -1.21. The van der Waals surface area contributed by atoms with Crippen LogP contribution in [0.2, 0.25) is 0 Å². The van der Waals surface area contributed by atoms with Crippen LogP contribution in [0.15, 0.2) is 48.6 Å². The summed E-state index contributed by atoms with van der Waals surface area (Å²) in [6.45, 7) is 0.833. The van der Waals surface area contributed by atoms with Crippen molar-refractivity contribution in [2.24, 2.45) is 11.8 Å². The first kappa shape index (κ1) is 14.2. The maximum Gasteiger partial charge on any atom is 0.230 e. The van der Waals surface area contributed by atoms with Crippen molar-refractivity contribution >= 4 is 18.0 Å². The zero-order valence-electron chi connectivity index (χ0n) is 12.4. The zero-order chi connectivity index (χ0) is 16.0. The van der Waals surface area contributed by atoms with Gasteiger partial charge in [0.05, 0.1) is 18.6 Å². The van der Waals surface area contributed by atoms with Crippen molar-refractivity contribution in [1.29, 1.82) is 0 Å². The summed E-state index contributed by atoms with van der Waals surface area (Å²) in [5.41, 5.74) is 0.273. The molecule has 2 saturated heterocycles. The molecule has 5 heteroatoms. The van der Waals surface area contributed by atoms with E-state index in [-0.39, 0.29) is 5.91 Å². The minimum absolute atomic E-state index is 0.163. The van der Waals surface area contributed by atoms with Gasteiger partial charge in [0.25, 0.3) is 0 Å². The first-order valence-corrected chi connectivity index (χ1v) is 7.69. The molecule has 0 N–H and O–H groups in total. The molecule has 3 aliphatic heterocycles. The standard InChI is InChI=1S/C18H17NO4/c20-16-15-14(17(21)22)13-8-9-18(15,23-13)11-19(16)10-4-7-12-5-2-1-3-6-12/h1-9,13-15H,10-11H2,(H,21,22)/p-1/b7-4+/t13-,14+,15-,18+/m1/s1. The summed E-state index contributed by atoms with van der Waals surface area (Å²) >= 11 is 0. The molecular weight excluding hydrogens is 294 g/mol. The highest BCUT2D eigenvalue weighted by Gasteiger charge is 2.65. The fourth-order valence-electron chi connectivity index (χ4n) is 3.88. The third-order valence-electron chi connectivity index (χ3n) is 4.89. The number of rotatable bonds is 4. The SMILES string of the molecule is O=C([O-])[C@H]1[C@H]2C=C[C@@]3(CN(C/C=C/c4ccccc4)C(=O)[C@@H]13)O2. The number of carboxylic acid groups (broad SMARTS) is 1. The average Bonchev–Trinajstić information content (AvgIpc) is 3.17. The molecule has 4 rings (SSSR count). The number of amides is 1. The Bertz CT molecular complexity index is 711. The normalized spacial score (nSPS) is 34.5. The average molecular weight is 310 g/mol. The fraction of sp³-hybridized carbons (Fsp3) is 0.333. The van der Waals surface area contributed by atoms with E-state index in [0.29, 0.717) is 13.1 Å². The Kier molecular flexibility index (Phi) is 3.13. The van der Waals surface area contributed by atoms with Gasteiger partial charge < -0.3 is 19.5 Å². The van der Waals surface area contributed by atoms with Crippen molar-refractivity contribution < 1.29 is 19.4 Å². The predicted octanol–water partition coefficient (Wildman–Crippen LogP) is 0.232. The number of carbonyl (C=O) groups is 2. The lowest BCUT2D eigenvalue weighted by atomic mass is 9.77. The molecule has 1 aromatic carbocycles. The van der Waals surface area contributed by atoms with Gasteiger partial charge in [-0.1, -0.05) is 54.6 Å². The molecule has 2 fully saturated rings. The molecule has 1 aromatic rings. The monoisotopic (exact) mass is 310 g/mol. The number of likely N-dealkylation sites (tertiary alicyclic amines) is 1. The van der Waals surface area contributed by atoms with Crippen LogP contribution in [0.4, 0.5) is 0 Å². The number of hydrogen-bond acceptors (Lipinski definition) is 4. The van der Waals surface area contributed by atoms with Crippen molar-refractivity contribution in [3.8, 4) is 0 Å². The van der Waals surface area contributed by atoms with E-state index < -0.39 is 29.5 Å². The van der Waals surface area contributed by atoms with Crippen LogP contribution >= 0.6 is 0 Å². The molecule has 2 bridgehead atoms. The smallest absolute Gasteiger partial charge is 0.230 e. The van der Waals surface area contributed by atoms with E-state index in [2.05, 4.69) is 0 Å². The van der Waals surface area contributed by atoms with Gasteiger partial charge in [0.15, 0.2) is 0 Å². The molecule has 5 nitrogen and oxygen atoms in total. The summed E-state index contributed by atoms with van der Waals surface area (Å²) in [5, 5.41) is 11.4. The van der Waals surface area contributed by atoms with Gasteiger partial charge in [0.2, 0.25) is 5.91 Å². The van der Waals surface area contributed by atoms with Gasteiger partial charge in [-0.25, -0.2) is 0 Å². The second kappa shape index (κ2) is 5.06. The summed E-state index contributed by atoms with van der Waals surface area (Å²) in [5.74, 6) is -2.91. The van der Waals surface area contributed by atoms with Crippen molar-refractivity contribution in [2.45, 2.75) is 11.7 Å². The molecule has 0 aromatic heterocycles. The summed E-state index contributed by atoms with van der Waals surface area (Å²) in [6.07, 6.45) is 6.92. The van der Waals surface area contributed by atoms with Crippen molar-refractivity contribution in [3.63, 3.8) is 0 Å². The van der Waals surface area contributed by atoms with Gasteiger partial charge in [-0.2, -0.15) is 0 Å². The van der Waals surface area contributed by atoms with Crippen molar-refractivity contribution in [2.75, 3.05) is 13.1 Å². The molecule has 3 heterocycles. The number of carbonyl (C=O) groups excluding carboxylic acids is 2. The number of nitrogens with zero attached hydrogens (tertiary/aromatic N) is 1. The Morgan fingerprint density at radius 2 is 2.17 bits per heavy atom. The minimum Gasteiger partial charge on any atom is -0.550 e. The lowest BCUT2D eigenvalue weighted by Gasteiger charge is -2.24. The van der Waals surface area contributed by atoms with Crippen LogP contribution in [0.25, 0.3) is 6.08 Å². The number of ether oxygens (including phenoxy) is 1. The quantitative estimate of drug-likeness (QED) is 0.747. The zero-order valence-corrected chi connectivity index (χ0v) is 12.4. The Morgan fingerprint density at radius 1 is 1.39 bits per heavy atom. The molecule has 23 heavy (non-hydrogen) atoms. The second-order valence-electron chi connectivity index (χ2n) is 6.25. The summed E-state index contributed by atoms with van der Waals surface area (Å²) in [7, 11) is 0. The summed E-state index contributed by atoms with van der Waals surface area (Å²) < 4.78 is 5.80. The molecule has 1 spiro atoms. The Balaban J connectivity index is 1.51. The van der Waals surface area contributed by atoms with Gasteiger partial charge in [-0.3, -0.25) is 4.79 Å². The van der Waals surface area contributed by atoms with E-state index in [1.807, 2.05) is 48.6 Å². The fourth-order valence-corrected chi connectivity index (χ4v) is 3.88. The van der Waals surface area contributed by atoms with Crippen LogP contribution in [0.1, 0.15) is 5.56 Å². The number of benzene rings is 1. The second-order valence-corrected chi connectivity index (χ2v) is 6.25. The van der Waals surface area contributed by atoms with Crippen LogP contribution in [0.3, 0.4) is 0 Å². The highest BCUT2D eigenvalue weighted by atomic mass is 16.5. The van der Waals surface area contributed by atoms with Gasteiger partial charge in [0.1, 0.15) is 5.60 Å². The number of fused-ring (bicyclic) bond motifs is 1. The summed E-state index contributed by atoms with van der Waals surface area (Å²) in [4.78, 5) is 25.6. The molecule has 1 amide bonds. The van der Waals surface area contributed by atoms with Gasteiger partial charge in [0, 0.05) is 18.4 Å². The first-order valence-electron chi connectivity index (χ1n) is 7.69. The topological polar surface area (TPSA) is 69.7 Å². The number of aliphatic carboxylic acids is 1. The Hall–Kier alpha value is -2.40. The van der Waals surface area contributed by atoms with E-state index in [1.54, 1.807) is 11.0 Å². The van der Waals surface area contributed by atoms with E-state index >= 15 is 0 Å². The molecule has 0 aliphatic carbocycles.